The standard InChI is InChI=1S/C35H20/c1-3-10-22-20(8-1)18-30-26-14-5-15-27-31-19-21-9-2-4-11-23(21)25-13-7-17-29(33(25)31)35(34(26)27)28-16-6-12-24(22)32(28)30/h1-16,18-19H,17H2. The van der Waals surface area contributed by atoms with Gasteiger partial charge in [-0.05, 0) is 105 Å². The highest BCUT2D eigenvalue weighted by atomic mass is 14.3. The fourth-order valence-corrected chi connectivity index (χ4v) is 7.01. The molecule has 9 rings (SSSR count). The smallest absolute Gasteiger partial charge is 0.00170 e. The highest BCUT2D eigenvalue weighted by molar-refractivity contribution is 6.40. The van der Waals surface area contributed by atoms with Crippen molar-refractivity contribution in [2.24, 2.45) is 0 Å². The van der Waals surface area contributed by atoms with Crippen LogP contribution in [-0.4, -0.2) is 0 Å². The molecule has 1 aliphatic rings. The molecular formula is C35H20. The predicted molar refractivity (Wildman–Crippen MR) is 153 cm³/mol. The van der Waals surface area contributed by atoms with Crippen LogP contribution < -0.4 is 0 Å². The molecule has 0 heteroatoms. The van der Waals surface area contributed by atoms with E-state index in [1.807, 2.05) is 0 Å². The fraction of sp³-hybridized carbons (Fsp3) is 0.0286. The lowest BCUT2D eigenvalue weighted by Gasteiger charge is -2.23. The van der Waals surface area contributed by atoms with Crippen LogP contribution in [-0.2, 0) is 6.42 Å². The first-order chi connectivity index (χ1) is 17.4. The molecular weight excluding hydrogens is 420 g/mol. The summed E-state index contributed by atoms with van der Waals surface area (Å²) in [6.45, 7) is 0. The quantitative estimate of drug-likeness (QED) is 0.163. The molecule has 0 aromatic heterocycles. The van der Waals surface area contributed by atoms with Gasteiger partial charge in [-0.3, -0.25) is 0 Å². The summed E-state index contributed by atoms with van der Waals surface area (Å²) in [6, 6.07) is 36.4. The SMILES string of the molecule is C1=Cc2c3ccccc3cc3c2c(c2c4cccc5c6ccccc6cc(c6cccc3c62)c54)C1. The van der Waals surface area contributed by atoms with Crippen LogP contribution >= 0.6 is 0 Å². The molecule has 8 aromatic rings. The molecule has 0 saturated carbocycles. The van der Waals surface area contributed by atoms with Gasteiger partial charge in [-0.15, -0.1) is 0 Å². The maximum atomic E-state index is 2.43. The Morgan fingerprint density at radius 3 is 1.74 bits per heavy atom. The molecule has 0 aliphatic heterocycles. The molecule has 0 atom stereocenters. The molecule has 8 aromatic carbocycles. The third-order valence-corrected chi connectivity index (χ3v) is 8.35. The van der Waals surface area contributed by atoms with Crippen molar-refractivity contribution >= 4 is 81.5 Å². The van der Waals surface area contributed by atoms with Crippen LogP contribution in [0.1, 0.15) is 11.1 Å². The summed E-state index contributed by atoms with van der Waals surface area (Å²) in [5, 5.41) is 19.2. The molecule has 0 spiro atoms. The van der Waals surface area contributed by atoms with Crippen molar-refractivity contribution in [1.82, 2.24) is 0 Å². The van der Waals surface area contributed by atoms with E-state index in [4.69, 9.17) is 0 Å². The molecule has 0 saturated heterocycles. The molecule has 35 heavy (non-hydrogen) atoms. The molecule has 0 N–H and O–H groups in total. The lowest BCUT2D eigenvalue weighted by Crippen LogP contribution is -1.99. The maximum absolute atomic E-state index is 2.43. The van der Waals surface area contributed by atoms with Gasteiger partial charge in [-0.1, -0.05) is 97.1 Å². The van der Waals surface area contributed by atoms with Crippen LogP contribution in [0.2, 0.25) is 0 Å². The van der Waals surface area contributed by atoms with Crippen LogP contribution in [0.15, 0.2) is 103 Å². The Kier molecular flexibility index (Phi) is 3.17. The molecule has 160 valence electrons. The largest absolute Gasteiger partial charge is 0.0794 e. The van der Waals surface area contributed by atoms with E-state index in [0.717, 1.165) is 6.42 Å². The summed E-state index contributed by atoms with van der Waals surface area (Å²) < 4.78 is 0. The van der Waals surface area contributed by atoms with Crippen LogP contribution in [0.25, 0.3) is 81.5 Å². The van der Waals surface area contributed by atoms with Gasteiger partial charge in [0, 0.05) is 0 Å². The zero-order valence-electron chi connectivity index (χ0n) is 19.1. The molecule has 0 unspecified atom stereocenters. The van der Waals surface area contributed by atoms with Crippen molar-refractivity contribution in [2.75, 3.05) is 0 Å². The van der Waals surface area contributed by atoms with Gasteiger partial charge in [0.15, 0.2) is 0 Å². The third-order valence-electron chi connectivity index (χ3n) is 8.35. The van der Waals surface area contributed by atoms with Crippen molar-refractivity contribution in [1.29, 1.82) is 0 Å². The second-order valence-electron chi connectivity index (χ2n) is 10.00. The summed E-state index contributed by atoms with van der Waals surface area (Å²) in [7, 11) is 0. The topological polar surface area (TPSA) is 0 Å². The average molecular weight is 441 g/mol. The van der Waals surface area contributed by atoms with Gasteiger partial charge in [-0.2, -0.15) is 0 Å². The zero-order valence-corrected chi connectivity index (χ0v) is 19.1. The van der Waals surface area contributed by atoms with E-state index in [1.165, 1.54) is 86.5 Å². The Bertz CT molecular complexity index is 2230. The highest BCUT2D eigenvalue weighted by Gasteiger charge is 2.22. The normalized spacial score (nSPS) is 13.5. The van der Waals surface area contributed by atoms with Crippen LogP contribution in [0, 0.1) is 0 Å². The Morgan fingerprint density at radius 1 is 0.400 bits per heavy atom. The third kappa shape index (κ3) is 2.10. The van der Waals surface area contributed by atoms with Gasteiger partial charge < -0.3 is 0 Å². The Labute approximate surface area is 202 Å². The summed E-state index contributed by atoms with van der Waals surface area (Å²) in [5.41, 5.74) is 2.86. The lowest BCUT2D eigenvalue weighted by molar-refractivity contribution is 1.33. The van der Waals surface area contributed by atoms with Gasteiger partial charge >= 0.3 is 0 Å². The molecule has 0 heterocycles. The second kappa shape index (κ2) is 6.17. The first kappa shape index (κ1) is 18.0. The first-order valence-corrected chi connectivity index (χ1v) is 12.4. The minimum Gasteiger partial charge on any atom is -0.0794 e. The van der Waals surface area contributed by atoms with Crippen molar-refractivity contribution in [3.63, 3.8) is 0 Å². The summed E-state index contributed by atoms with van der Waals surface area (Å²) in [6.07, 6.45) is 5.69. The van der Waals surface area contributed by atoms with Crippen molar-refractivity contribution in [3.05, 3.63) is 114 Å². The molecule has 0 bridgehead atoms. The van der Waals surface area contributed by atoms with E-state index in [0.29, 0.717) is 0 Å². The lowest BCUT2D eigenvalue weighted by atomic mass is 9.80. The Balaban J connectivity index is 1.68. The molecule has 0 radical (unpaired) electrons. The van der Waals surface area contributed by atoms with Crippen LogP contribution in [0.4, 0.5) is 0 Å². The maximum Gasteiger partial charge on any atom is -0.00170 e. The molecule has 0 amide bonds. The summed E-state index contributed by atoms with van der Waals surface area (Å²) >= 11 is 0. The molecule has 1 aliphatic carbocycles. The highest BCUT2D eigenvalue weighted by Crippen LogP contribution is 2.49. The van der Waals surface area contributed by atoms with Gasteiger partial charge in [0.2, 0.25) is 0 Å². The Hall–Kier alpha value is -4.42. The fourth-order valence-electron chi connectivity index (χ4n) is 7.01. The van der Waals surface area contributed by atoms with E-state index in [9.17, 15) is 0 Å². The number of benzene rings is 8. The minimum atomic E-state index is 0.973. The summed E-state index contributed by atoms with van der Waals surface area (Å²) in [4.78, 5) is 0. The van der Waals surface area contributed by atoms with E-state index in [-0.39, 0.29) is 0 Å². The molecule has 0 fully saturated rings. The second-order valence-corrected chi connectivity index (χ2v) is 10.00. The van der Waals surface area contributed by atoms with Gasteiger partial charge in [0.05, 0.1) is 0 Å². The monoisotopic (exact) mass is 440 g/mol. The first-order valence-electron chi connectivity index (χ1n) is 12.4. The van der Waals surface area contributed by atoms with Crippen molar-refractivity contribution < 1.29 is 0 Å². The van der Waals surface area contributed by atoms with Crippen LogP contribution in [0.5, 0.6) is 0 Å². The number of fused-ring (bicyclic) bond motifs is 8. The van der Waals surface area contributed by atoms with E-state index < -0.39 is 0 Å². The average Bonchev–Trinajstić information content (AvgIpc) is 2.92. The van der Waals surface area contributed by atoms with E-state index in [1.54, 1.807) is 0 Å². The number of hydrogen-bond donors (Lipinski definition) is 0. The van der Waals surface area contributed by atoms with Gasteiger partial charge in [0.1, 0.15) is 0 Å². The van der Waals surface area contributed by atoms with Crippen LogP contribution in [0.3, 0.4) is 0 Å². The van der Waals surface area contributed by atoms with Crippen molar-refractivity contribution in [2.45, 2.75) is 6.42 Å². The van der Waals surface area contributed by atoms with E-state index >= 15 is 0 Å². The Morgan fingerprint density at radius 2 is 0.971 bits per heavy atom. The number of hydrogen-bond acceptors (Lipinski definition) is 0. The predicted octanol–water partition coefficient (Wildman–Crippen LogP) is 9.77. The summed E-state index contributed by atoms with van der Waals surface area (Å²) in [5.74, 6) is 0. The van der Waals surface area contributed by atoms with E-state index in [2.05, 4.69) is 109 Å². The number of allylic oxidation sites excluding steroid dienone is 1. The number of rotatable bonds is 0. The zero-order chi connectivity index (χ0) is 22.7. The van der Waals surface area contributed by atoms with Gasteiger partial charge in [-0.25, -0.2) is 0 Å². The van der Waals surface area contributed by atoms with Crippen molar-refractivity contribution in [3.8, 4) is 0 Å². The molecule has 0 nitrogen and oxygen atoms in total. The van der Waals surface area contributed by atoms with Gasteiger partial charge in [0.25, 0.3) is 0 Å². The minimum absolute atomic E-state index is 0.973.